The Kier molecular flexibility index (Phi) is 14.9. The first kappa shape index (κ1) is 51.9. The van der Waals surface area contributed by atoms with Gasteiger partial charge in [0.25, 0.3) is 20.2 Å². The minimum absolute atomic E-state index is 0.0599. The summed E-state index contributed by atoms with van der Waals surface area (Å²) >= 11 is 0. The Hall–Kier alpha value is -7.39. The lowest BCUT2D eigenvalue weighted by molar-refractivity contribution is -0.433. The molecule has 1 amide bonds. The average Bonchev–Trinajstić information content (AvgIpc) is 3.99. The van der Waals surface area contributed by atoms with E-state index in [0.717, 1.165) is 39.5 Å². The number of carbonyl (C=O) groups is 2. The van der Waals surface area contributed by atoms with Crippen molar-refractivity contribution in [2.45, 2.75) is 100 Å². The molecule has 3 aromatic carbocycles. The first-order chi connectivity index (χ1) is 34.7. The molecule has 0 spiro atoms. The number of pyridine rings is 1. The van der Waals surface area contributed by atoms with Crippen LogP contribution in [0.3, 0.4) is 0 Å². The SMILES string of the molecule is CCN1/C(=C/C=C/C=C/C2=[N+](CC)c3ccc(S(=O)(=O)O)cc3C2(C)C)C(C)(CCCC(=O)NCc2cc(C(=O)CCc3ccc(COc4nc(N)nc5nc[nH]c45)cc3)ccn2)c2cc(S(=O)(=O)O)ccc21. The summed E-state index contributed by atoms with van der Waals surface area (Å²) in [5, 5.41) is 2.94. The number of rotatable bonds is 20. The van der Waals surface area contributed by atoms with E-state index >= 15 is 0 Å². The van der Waals surface area contributed by atoms with E-state index in [1.165, 1.54) is 30.6 Å². The number of amides is 1. The smallest absolute Gasteiger partial charge is 0.294 e. The molecule has 0 fully saturated rings. The highest BCUT2D eigenvalue weighted by Crippen LogP contribution is 2.51. The van der Waals surface area contributed by atoms with Gasteiger partial charge in [0.1, 0.15) is 18.7 Å². The number of nitrogens with zero attached hydrogens (tertiary/aromatic N) is 6. The number of benzene rings is 3. The maximum atomic E-state index is 13.3. The molecule has 2 aliphatic rings. The predicted molar refractivity (Wildman–Crippen MR) is 277 cm³/mol. The maximum Gasteiger partial charge on any atom is 0.294 e. The summed E-state index contributed by atoms with van der Waals surface area (Å²) in [5.74, 6) is 0.0915. The van der Waals surface area contributed by atoms with Gasteiger partial charge in [-0.3, -0.25) is 23.7 Å². The van der Waals surface area contributed by atoms with E-state index in [1.54, 1.807) is 30.5 Å². The topological polar surface area (TPSA) is 264 Å². The fourth-order valence-corrected chi connectivity index (χ4v) is 10.7. The van der Waals surface area contributed by atoms with Crippen LogP contribution in [-0.4, -0.2) is 85.9 Å². The number of hydrogen-bond donors (Lipinski definition) is 5. The lowest BCUT2D eigenvalue weighted by Gasteiger charge is -2.30. The molecule has 1 unspecified atom stereocenters. The molecule has 0 saturated heterocycles. The van der Waals surface area contributed by atoms with Gasteiger partial charge in [0.15, 0.2) is 17.1 Å². The zero-order valence-corrected chi connectivity index (χ0v) is 42.8. The van der Waals surface area contributed by atoms with Crippen molar-refractivity contribution in [3.8, 4) is 5.88 Å². The van der Waals surface area contributed by atoms with Gasteiger partial charge in [-0.2, -0.15) is 31.4 Å². The number of ketones is 1. The molecule has 18 nitrogen and oxygen atoms in total. The summed E-state index contributed by atoms with van der Waals surface area (Å²) in [6.07, 6.45) is 14.5. The molecule has 20 heteroatoms. The van der Waals surface area contributed by atoms with Gasteiger partial charge < -0.3 is 25.7 Å². The van der Waals surface area contributed by atoms with Gasteiger partial charge in [0, 0.05) is 65.7 Å². The number of anilines is 2. The third-order valence-corrected chi connectivity index (χ3v) is 15.2. The number of fused-ring (bicyclic) bond motifs is 3. The minimum Gasteiger partial charge on any atom is -0.471 e. The van der Waals surface area contributed by atoms with Crippen molar-refractivity contribution in [1.29, 1.82) is 0 Å². The second kappa shape index (κ2) is 21.0. The van der Waals surface area contributed by atoms with Gasteiger partial charge in [-0.1, -0.05) is 42.5 Å². The quantitative estimate of drug-likeness (QED) is 0.0211. The molecule has 2 aliphatic heterocycles. The van der Waals surface area contributed by atoms with E-state index < -0.39 is 31.1 Å². The van der Waals surface area contributed by atoms with Crippen LogP contribution >= 0.6 is 0 Å². The normalized spacial score (nSPS) is 17.0. The number of nitrogens with two attached hydrogens (primary N) is 1. The van der Waals surface area contributed by atoms with Crippen LogP contribution in [0.15, 0.2) is 131 Å². The number of nitrogen functional groups attached to an aromatic ring is 1. The molecule has 0 radical (unpaired) electrons. The third kappa shape index (κ3) is 11.2. The Labute approximate surface area is 424 Å². The minimum atomic E-state index is -4.51. The van der Waals surface area contributed by atoms with Crippen molar-refractivity contribution in [2.24, 2.45) is 0 Å². The number of Topliss-reactive ketones (excluding diaryl/α,β-unsaturated/α-hetero) is 1. The first-order valence-electron chi connectivity index (χ1n) is 23.8. The maximum absolute atomic E-state index is 13.3. The van der Waals surface area contributed by atoms with Gasteiger partial charge in [-0.25, -0.2) is 4.98 Å². The number of allylic oxidation sites excluding steroid dienone is 6. The number of aryl methyl sites for hydroxylation is 1. The van der Waals surface area contributed by atoms with Crippen LogP contribution in [0.4, 0.5) is 17.3 Å². The second-order valence-corrected chi connectivity index (χ2v) is 21.5. The van der Waals surface area contributed by atoms with E-state index in [0.29, 0.717) is 66.2 Å². The predicted octanol–water partition coefficient (Wildman–Crippen LogP) is 7.89. The highest BCUT2D eigenvalue weighted by atomic mass is 32.2. The number of carbonyl (C=O) groups excluding carboxylic acids is 2. The van der Waals surface area contributed by atoms with Crippen molar-refractivity contribution < 1.29 is 44.8 Å². The van der Waals surface area contributed by atoms with E-state index in [1.807, 2.05) is 89.3 Å². The number of imidazole rings is 1. The summed E-state index contributed by atoms with van der Waals surface area (Å²) < 4.78 is 76.4. The number of aromatic nitrogens is 5. The number of aromatic amines is 1. The Morgan fingerprint density at radius 1 is 0.863 bits per heavy atom. The second-order valence-electron chi connectivity index (χ2n) is 18.6. The highest BCUT2D eigenvalue weighted by Gasteiger charge is 2.45. The van der Waals surface area contributed by atoms with Gasteiger partial charge in [0.05, 0.1) is 33.8 Å². The number of nitrogens with one attached hydrogen (secondary N) is 2. The van der Waals surface area contributed by atoms with E-state index in [-0.39, 0.29) is 53.4 Å². The fraction of sp³-hybridized carbons (Fsp3) is 0.302. The van der Waals surface area contributed by atoms with Crippen LogP contribution in [-0.2, 0) is 55.4 Å². The Morgan fingerprint density at radius 2 is 1.58 bits per heavy atom. The molecule has 380 valence electrons. The van der Waals surface area contributed by atoms with E-state index in [4.69, 9.17) is 10.5 Å². The molecule has 6 N–H and O–H groups in total. The lowest BCUT2D eigenvalue weighted by Crippen LogP contribution is -2.29. The van der Waals surface area contributed by atoms with Crippen molar-refractivity contribution in [2.75, 3.05) is 23.7 Å². The van der Waals surface area contributed by atoms with Crippen LogP contribution in [0, 0.1) is 0 Å². The lowest BCUT2D eigenvalue weighted by atomic mass is 9.77. The average molecular weight is 1030 g/mol. The zero-order chi connectivity index (χ0) is 52.3. The number of likely N-dealkylation sites (N-methyl/N-ethyl adjacent to an activating group) is 1. The molecule has 73 heavy (non-hydrogen) atoms. The molecule has 6 aromatic rings. The van der Waals surface area contributed by atoms with Crippen LogP contribution in [0.1, 0.15) is 98.6 Å². The molecular formula is C53H58N9O9S2+. The molecular weight excluding hydrogens is 971 g/mol. The molecule has 0 saturated carbocycles. The molecule has 3 aromatic heterocycles. The fourth-order valence-electron chi connectivity index (χ4n) is 9.72. The zero-order valence-electron chi connectivity index (χ0n) is 41.2. The molecule has 5 heterocycles. The van der Waals surface area contributed by atoms with Crippen LogP contribution in [0.2, 0.25) is 0 Å². The number of ether oxygens (including phenoxy) is 1. The van der Waals surface area contributed by atoms with Crippen molar-refractivity contribution in [3.05, 3.63) is 155 Å². The summed E-state index contributed by atoms with van der Waals surface area (Å²) in [5.41, 5.74) is 13.3. The summed E-state index contributed by atoms with van der Waals surface area (Å²) in [7, 11) is -8.90. The Balaban J connectivity index is 0.887. The molecule has 0 bridgehead atoms. The number of hydrogen-bond acceptors (Lipinski definition) is 13. The van der Waals surface area contributed by atoms with Gasteiger partial charge >= 0.3 is 0 Å². The van der Waals surface area contributed by atoms with E-state index in [9.17, 15) is 35.5 Å². The van der Waals surface area contributed by atoms with Gasteiger partial charge in [0.2, 0.25) is 23.4 Å². The molecule has 0 aliphatic carbocycles. The Morgan fingerprint density at radius 3 is 2.29 bits per heavy atom. The standard InChI is InChI=1S/C53H57N9O9S2/c1-6-61-42-22-20-38(72(65,66)67)29-40(42)52(3,4)45(61)12-9-8-10-13-46-53(5,41-30-39(73(68,69)70)21-23-43(41)62(46)7-2)26-11-14-47(64)56-31-37-28-36(25-27-55-37)44(63)24-19-34-15-17-35(18-16-34)32-71-50-48-49(58-33-57-48)59-51(54)60-50/h8-10,12-13,15-18,20-23,25,27-30,33H,6-7,11,14,19,24,26,31-32H2,1-5H3,(H5-,54,55,56,57,58,59,60,63,64,65,66,67,68,69,70)/p+1. The summed E-state index contributed by atoms with van der Waals surface area (Å²) in [4.78, 5) is 48.0. The monoisotopic (exact) mass is 1030 g/mol. The highest BCUT2D eigenvalue weighted by molar-refractivity contribution is 7.86. The first-order valence-corrected chi connectivity index (χ1v) is 26.7. The van der Waals surface area contributed by atoms with Crippen molar-refractivity contribution in [3.63, 3.8) is 0 Å². The van der Waals surface area contributed by atoms with E-state index in [2.05, 4.69) is 39.7 Å². The number of H-pyrrole nitrogens is 1. The van der Waals surface area contributed by atoms with Crippen LogP contribution < -0.4 is 20.7 Å². The van der Waals surface area contributed by atoms with Crippen LogP contribution in [0.5, 0.6) is 5.88 Å². The van der Waals surface area contributed by atoms with Gasteiger partial charge in [-0.15, -0.1) is 0 Å². The largest absolute Gasteiger partial charge is 0.471 e. The van der Waals surface area contributed by atoms with Crippen molar-refractivity contribution in [1.82, 2.24) is 30.2 Å². The molecule has 1 atom stereocenters. The van der Waals surface area contributed by atoms with Gasteiger partial charge in [-0.05, 0) is 119 Å². The molecule has 8 rings (SSSR count). The summed E-state index contributed by atoms with van der Waals surface area (Å²) in [6, 6.07) is 20.3. The summed E-state index contributed by atoms with van der Waals surface area (Å²) in [6.45, 7) is 11.6. The Bertz CT molecular complexity index is 3480. The van der Waals surface area contributed by atoms with Crippen molar-refractivity contribution >= 4 is 66.1 Å². The third-order valence-electron chi connectivity index (χ3n) is 13.5. The van der Waals surface area contributed by atoms with Crippen LogP contribution in [0.25, 0.3) is 11.2 Å².